The normalized spacial score (nSPS) is 12.4. The van der Waals surface area contributed by atoms with Gasteiger partial charge in [-0.3, -0.25) is 0 Å². The Kier molecular flexibility index (Phi) is 4.91. The molecule has 0 saturated carbocycles. The predicted octanol–water partition coefficient (Wildman–Crippen LogP) is 4.40. The van der Waals surface area contributed by atoms with E-state index < -0.39 is 0 Å². The maximum Gasteiger partial charge on any atom is 0.126 e. The molecule has 2 aromatic rings. The predicted molar refractivity (Wildman–Crippen MR) is 82.5 cm³/mol. The van der Waals surface area contributed by atoms with Crippen LogP contribution < -0.4 is 5.32 Å². The van der Waals surface area contributed by atoms with Gasteiger partial charge >= 0.3 is 0 Å². The molecule has 0 spiro atoms. The molecular formula is C18H22FN. The number of benzene rings is 2. The molecule has 1 nitrogen and oxygen atoms in total. The van der Waals surface area contributed by atoms with Crippen molar-refractivity contribution in [1.82, 2.24) is 5.32 Å². The van der Waals surface area contributed by atoms with Crippen LogP contribution in [0.25, 0.3) is 0 Å². The monoisotopic (exact) mass is 271 g/mol. The van der Waals surface area contributed by atoms with Gasteiger partial charge in [0.05, 0.1) is 6.04 Å². The minimum atomic E-state index is -0.139. The van der Waals surface area contributed by atoms with Crippen LogP contribution in [0.4, 0.5) is 4.39 Å². The molecule has 2 rings (SSSR count). The molecule has 0 aliphatic rings. The van der Waals surface area contributed by atoms with Crippen molar-refractivity contribution in [3.63, 3.8) is 0 Å². The zero-order valence-electron chi connectivity index (χ0n) is 12.4. The number of nitrogens with one attached hydrogen (secondary N) is 1. The first-order valence-corrected chi connectivity index (χ1v) is 7.24. The van der Waals surface area contributed by atoms with Gasteiger partial charge < -0.3 is 5.32 Å². The first-order chi connectivity index (χ1) is 9.67. The first kappa shape index (κ1) is 14.7. The van der Waals surface area contributed by atoms with Gasteiger partial charge in [0.15, 0.2) is 0 Å². The summed E-state index contributed by atoms with van der Waals surface area (Å²) in [5.74, 6) is -0.139. The highest BCUT2D eigenvalue weighted by Gasteiger charge is 2.16. The SMILES string of the molecule is CCNC(c1ccc(C)c(F)c1)c1ccccc1CC. The molecule has 0 amide bonds. The van der Waals surface area contributed by atoms with Crippen molar-refractivity contribution in [1.29, 1.82) is 0 Å². The number of halogens is 1. The lowest BCUT2D eigenvalue weighted by Crippen LogP contribution is -2.23. The lowest BCUT2D eigenvalue weighted by molar-refractivity contribution is 0.595. The van der Waals surface area contributed by atoms with Crippen molar-refractivity contribution < 1.29 is 4.39 Å². The average Bonchev–Trinajstić information content (AvgIpc) is 2.48. The van der Waals surface area contributed by atoms with Gasteiger partial charge in [0.1, 0.15) is 5.82 Å². The van der Waals surface area contributed by atoms with Gasteiger partial charge in [-0.25, -0.2) is 4.39 Å². The molecule has 1 atom stereocenters. The third kappa shape index (κ3) is 3.07. The summed E-state index contributed by atoms with van der Waals surface area (Å²) in [7, 11) is 0. The molecule has 0 aromatic heterocycles. The van der Waals surface area contributed by atoms with Gasteiger partial charge in [0, 0.05) is 0 Å². The van der Waals surface area contributed by atoms with Crippen molar-refractivity contribution in [2.45, 2.75) is 33.2 Å². The topological polar surface area (TPSA) is 12.0 Å². The fourth-order valence-electron chi connectivity index (χ4n) is 2.54. The van der Waals surface area contributed by atoms with Gasteiger partial charge in [0.25, 0.3) is 0 Å². The van der Waals surface area contributed by atoms with Gasteiger partial charge in [-0.2, -0.15) is 0 Å². The second-order valence-electron chi connectivity index (χ2n) is 5.05. The fourth-order valence-corrected chi connectivity index (χ4v) is 2.54. The highest BCUT2D eigenvalue weighted by molar-refractivity contribution is 5.38. The summed E-state index contributed by atoms with van der Waals surface area (Å²) in [5.41, 5.74) is 4.21. The largest absolute Gasteiger partial charge is 0.307 e. The van der Waals surface area contributed by atoms with E-state index in [1.807, 2.05) is 18.2 Å². The lowest BCUT2D eigenvalue weighted by atomic mass is 9.92. The van der Waals surface area contributed by atoms with Gasteiger partial charge in [-0.05, 0) is 48.2 Å². The van der Waals surface area contributed by atoms with Crippen LogP contribution >= 0.6 is 0 Å². The third-order valence-electron chi connectivity index (χ3n) is 3.68. The van der Waals surface area contributed by atoms with Crippen LogP contribution in [0, 0.1) is 12.7 Å². The summed E-state index contributed by atoms with van der Waals surface area (Å²) in [6, 6.07) is 13.9. The minimum absolute atomic E-state index is 0.0475. The lowest BCUT2D eigenvalue weighted by Gasteiger charge is -2.22. The average molecular weight is 271 g/mol. The minimum Gasteiger partial charge on any atom is -0.307 e. The van der Waals surface area contributed by atoms with Crippen LogP contribution in [0.1, 0.15) is 42.1 Å². The van der Waals surface area contributed by atoms with Gasteiger partial charge in [-0.1, -0.05) is 50.2 Å². The van der Waals surface area contributed by atoms with E-state index >= 15 is 0 Å². The van der Waals surface area contributed by atoms with Crippen molar-refractivity contribution in [3.8, 4) is 0 Å². The summed E-state index contributed by atoms with van der Waals surface area (Å²) < 4.78 is 13.9. The maximum atomic E-state index is 13.9. The summed E-state index contributed by atoms with van der Waals surface area (Å²) >= 11 is 0. The Morgan fingerprint density at radius 1 is 1.10 bits per heavy atom. The van der Waals surface area contributed by atoms with Crippen LogP contribution in [-0.4, -0.2) is 6.54 Å². The summed E-state index contributed by atoms with van der Waals surface area (Å²) in [5, 5.41) is 3.47. The summed E-state index contributed by atoms with van der Waals surface area (Å²) in [4.78, 5) is 0. The second-order valence-corrected chi connectivity index (χ2v) is 5.05. The third-order valence-corrected chi connectivity index (χ3v) is 3.68. The zero-order valence-corrected chi connectivity index (χ0v) is 12.4. The molecular weight excluding hydrogens is 249 g/mol. The standard InChI is InChI=1S/C18H22FN/c1-4-14-8-6-7-9-16(14)18(20-5-2)15-11-10-13(3)17(19)12-15/h6-12,18,20H,4-5H2,1-3H3. The Hall–Kier alpha value is -1.67. The van der Waals surface area contributed by atoms with Crippen molar-refractivity contribution >= 4 is 0 Å². The Morgan fingerprint density at radius 3 is 2.50 bits per heavy atom. The Labute approximate surface area is 120 Å². The smallest absolute Gasteiger partial charge is 0.126 e. The van der Waals surface area contributed by atoms with Gasteiger partial charge in [-0.15, -0.1) is 0 Å². The van der Waals surface area contributed by atoms with E-state index in [1.165, 1.54) is 11.1 Å². The molecule has 0 fully saturated rings. The molecule has 0 bridgehead atoms. The molecule has 0 radical (unpaired) electrons. The fraction of sp³-hybridized carbons (Fsp3) is 0.333. The van der Waals surface area contributed by atoms with Gasteiger partial charge in [0.2, 0.25) is 0 Å². The molecule has 20 heavy (non-hydrogen) atoms. The van der Waals surface area contributed by atoms with E-state index in [0.717, 1.165) is 18.5 Å². The van der Waals surface area contributed by atoms with E-state index in [-0.39, 0.29) is 11.9 Å². The Morgan fingerprint density at radius 2 is 1.85 bits per heavy atom. The number of aryl methyl sites for hydroxylation is 2. The van der Waals surface area contributed by atoms with Crippen LogP contribution in [0.15, 0.2) is 42.5 Å². The van der Waals surface area contributed by atoms with Crippen LogP contribution in [0.3, 0.4) is 0 Å². The number of hydrogen-bond donors (Lipinski definition) is 1. The molecule has 1 unspecified atom stereocenters. The summed E-state index contributed by atoms with van der Waals surface area (Å²) in [6.07, 6.45) is 0.979. The molecule has 2 aromatic carbocycles. The van der Waals surface area contributed by atoms with Crippen LogP contribution in [0.2, 0.25) is 0 Å². The molecule has 106 valence electrons. The first-order valence-electron chi connectivity index (χ1n) is 7.24. The maximum absolute atomic E-state index is 13.9. The highest BCUT2D eigenvalue weighted by atomic mass is 19.1. The summed E-state index contributed by atoms with van der Waals surface area (Å²) in [6.45, 7) is 6.86. The Bertz CT molecular complexity index is 577. The molecule has 0 aliphatic heterocycles. The Balaban J connectivity index is 2.47. The van der Waals surface area contributed by atoms with Crippen molar-refractivity contribution in [2.24, 2.45) is 0 Å². The molecule has 1 N–H and O–H groups in total. The zero-order chi connectivity index (χ0) is 14.5. The number of hydrogen-bond acceptors (Lipinski definition) is 1. The van der Waals surface area contributed by atoms with E-state index in [0.29, 0.717) is 5.56 Å². The quantitative estimate of drug-likeness (QED) is 0.850. The molecule has 0 aliphatic carbocycles. The molecule has 2 heteroatoms. The molecule has 0 heterocycles. The van der Waals surface area contributed by atoms with E-state index in [1.54, 1.807) is 13.0 Å². The second kappa shape index (κ2) is 6.67. The van der Waals surface area contributed by atoms with Crippen LogP contribution in [0.5, 0.6) is 0 Å². The molecule has 0 saturated heterocycles. The van der Waals surface area contributed by atoms with Crippen LogP contribution in [-0.2, 0) is 6.42 Å². The van der Waals surface area contributed by atoms with E-state index in [4.69, 9.17) is 0 Å². The number of rotatable bonds is 5. The van der Waals surface area contributed by atoms with Crippen molar-refractivity contribution in [2.75, 3.05) is 6.54 Å². The van der Waals surface area contributed by atoms with E-state index in [9.17, 15) is 4.39 Å². The van der Waals surface area contributed by atoms with Crippen molar-refractivity contribution in [3.05, 3.63) is 70.5 Å². The highest BCUT2D eigenvalue weighted by Crippen LogP contribution is 2.26. The van der Waals surface area contributed by atoms with E-state index in [2.05, 4.69) is 37.4 Å².